The summed E-state index contributed by atoms with van der Waals surface area (Å²) < 4.78 is 0. The highest BCUT2D eigenvalue weighted by molar-refractivity contribution is 6.17. The number of hydrogen-bond acceptors (Lipinski definition) is 3. The van der Waals surface area contributed by atoms with Gasteiger partial charge in [-0.25, -0.2) is 4.99 Å². The zero-order chi connectivity index (χ0) is 16.1. The molecule has 0 spiro atoms. The summed E-state index contributed by atoms with van der Waals surface area (Å²) in [6.45, 7) is 8.77. The number of rotatable bonds is 5. The molecule has 2 rings (SSSR count). The van der Waals surface area contributed by atoms with Crippen molar-refractivity contribution in [1.29, 1.82) is 0 Å². The van der Waals surface area contributed by atoms with Gasteiger partial charge in [0.1, 0.15) is 0 Å². The van der Waals surface area contributed by atoms with E-state index in [0.29, 0.717) is 12.0 Å². The number of nitrogens with zero attached hydrogens (tertiary/aromatic N) is 1. The van der Waals surface area contributed by atoms with Crippen LogP contribution in [0.15, 0.2) is 47.5 Å². The summed E-state index contributed by atoms with van der Waals surface area (Å²) in [7, 11) is 0. The molecule has 116 valence electrons. The molecule has 1 unspecified atom stereocenters. The van der Waals surface area contributed by atoms with Crippen LogP contribution in [0.5, 0.6) is 0 Å². The minimum Gasteiger partial charge on any atom is -0.382 e. The predicted molar refractivity (Wildman–Crippen MR) is 94.1 cm³/mol. The normalized spacial score (nSPS) is 15.3. The molecule has 0 radical (unpaired) electrons. The summed E-state index contributed by atoms with van der Waals surface area (Å²) in [5.74, 6) is 0.690. The van der Waals surface area contributed by atoms with Crippen molar-refractivity contribution in [2.24, 2.45) is 10.9 Å². The van der Waals surface area contributed by atoms with Gasteiger partial charge in [-0.05, 0) is 74.3 Å². The third-order valence-electron chi connectivity index (χ3n) is 3.53. The van der Waals surface area contributed by atoms with Crippen molar-refractivity contribution in [2.75, 3.05) is 5.32 Å². The monoisotopic (exact) mass is 296 g/mol. The number of carbonyl (C=O) groups is 1. The highest BCUT2D eigenvalue weighted by Gasteiger charge is 2.07. The Labute approximate surface area is 132 Å². The van der Waals surface area contributed by atoms with E-state index in [0.717, 1.165) is 23.5 Å². The third-order valence-corrected chi connectivity index (χ3v) is 3.53. The number of allylic oxidation sites excluding steroid dienone is 4. The molecule has 3 nitrogen and oxygen atoms in total. The topological polar surface area (TPSA) is 41.5 Å². The lowest BCUT2D eigenvalue weighted by Crippen LogP contribution is -2.17. The molecule has 1 N–H and O–H groups in total. The Kier molecular flexibility index (Phi) is 5.31. The number of anilines is 1. The Morgan fingerprint density at radius 1 is 1.09 bits per heavy atom. The number of nitrogens with one attached hydrogen (secondary N) is 1. The van der Waals surface area contributed by atoms with Crippen molar-refractivity contribution < 1.29 is 4.79 Å². The predicted octanol–water partition coefficient (Wildman–Crippen LogP) is 4.61. The van der Waals surface area contributed by atoms with Gasteiger partial charge in [-0.1, -0.05) is 13.8 Å². The molecular weight excluding hydrogens is 272 g/mol. The molecule has 0 aromatic heterocycles. The summed E-state index contributed by atoms with van der Waals surface area (Å²) in [6.07, 6.45) is 7.71. The summed E-state index contributed by atoms with van der Waals surface area (Å²) in [4.78, 5) is 15.6. The number of aliphatic imine (C=N–C) groups is 1. The van der Waals surface area contributed by atoms with Gasteiger partial charge in [0.2, 0.25) is 0 Å². The molecule has 1 aliphatic rings. The van der Waals surface area contributed by atoms with E-state index in [9.17, 15) is 4.79 Å². The smallest absolute Gasteiger partial charge is 0.178 e. The van der Waals surface area contributed by atoms with Crippen LogP contribution in [0.2, 0.25) is 0 Å². The molecule has 1 aliphatic carbocycles. The van der Waals surface area contributed by atoms with Gasteiger partial charge in [-0.2, -0.15) is 0 Å². The Hall–Kier alpha value is -2.16. The first kappa shape index (κ1) is 16.2. The van der Waals surface area contributed by atoms with Crippen LogP contribution < -0.4 is 5.32 Å². The van der Waals surface area contributed by atoms with E-state index in [2.05, 4.69) is 50.1 Å². The van der Waals surface area contributed by atoms with E-state index in [-0.39, 0.29) is 5.78 Å². The molecule has 0 fully saturated rings. The lowest BCUT2D eigenvalue weighted by molar-refractivity contribution is -0.110. The molecule has 3 heteroatoms. The second-order valence-electron chi connectivity index (χ2n) is 6.28. The van der Waals surface area contributed by atoms with Crippen molar-refractivity contribution in [2.45, 2.75) is 40.2 Å². The molecule has 0 saturated heterocycles. The molecule has 1 aromatic rings. The molecule has 1 aromatic carbocycles. The fourth-order valence-electron chi connectivity index (χ4n) is 2.58. The Morgan fingerprint density at radius 3 is 2.36 bits per heavy atom. The molecular formula is C19H24N2O. The minimum absolute atomic E-state index is 0.00817. The number of hydrogen-bond donors (Lipinski definition) is 1. The van der Waals surface area contributed by atoms with Gasteiger partial charge >= 0.3 is 0 Å². The summed E-state index contributed by atoms with van der Waals surface area (Å²) in [5, 5.41) is 3.56. The number of aryl methyl sites for hydroxylation is 1. The number of benzene rings is 1. The van der Waals surface area contributed by atoms with Crippen LogP contribution in [-0.4, -0.2) is 17.5 Å². The van der Waals surface area contributed by atoms with Crippen LogP contribution in [0.25, 0.3) is 0 Å². The maximum atomic E-state index is 11.1. The van der Waals surface area contributed by atoms with E-state index < -0.39 is 0 Å². The first-order valence-corrected chi connectivity index (χ1v) is 7.80. The van der Waals surface area contributed by atoms with Gasteiger partial charge in [0, 0.05) is 11.7 Å². The quantitative estimate of drug-likeness (QED) is 0.806. The number of carbonyl (C=O) groups excluding carboxylic acids is 1. The average Bonchev–Trinajstić information content (AvgIpc) is 2.43. The largest absolute Gasteiger partial charge is 0.382 e. The standard InChI is InChI=1S/C19H24N2O/c1-13(2)11-15(4)20-19-10-7-17(12-14(19)3)21-16-5-8-18(22)9-6-16/h5-10,12-13,15,20H,11H2,1-4H3. The van der Waals surface area contributed by atoms with Crippen LogP contribution in [0.4, 0.5) is 11.4 Å². The van der Waals surface area contributed by atoms with Crippen molar-refractivity contribution in [3.8, 4) is 0 Å². The van der Waals surface area contributed by atoms with E-state index in [1.165, 1.54) is 17.7 Å². The second-order valence-corrected chi connectivity index (χ2v) is 6.28. The fraction of sp³-hybridized carbons (Fsp3) is 0.368. The van der Waals surface area contributed by atoms with Crippen molar-refractivity contribution in [1.82, 2.24) is 0 Å². The van der Waals surface area contributed by atoms with Gasteiger partial charge in [-0.3, -0.25) is 4.79 Å². The van der Waals surface area contributed by atoms with E-state index in [1.807, 2.05) is 6.07 Å². The zero-order valence-corrected chi connectivity index (χ0v) is 13.8. The Morgan fingerprint density at radius 2 is 1.77 bits per heavy atom. The molecule has 0 heterocycles. The van der Waals surface area contributed by atoms with Crippen LogP contribution in [0.1, 0.15) is 32.8 Å². The second kappa shape index (κ2) is 7.21. The summed E-state index contributed by atoms with van der Waals surface area (Å²) >= 11 is 0. The minimum atomic E-state index is 0.00817. The van der Waals surface area contributed by atoms with Gasteiger partial charge < -0.3 is 5.32 Å². The molecule has 0 amide bonds. The molecule has 0 aliphatic heterocycles. The maximum absolute atomic E-state index is 11.1. The average molecular weight is 296 g/mol. The summed E-state index contributed by atoms with van der Waals surface area (Å²) in [5.41, 5.74) is 4.03. The van der Waals surface area contributed by atoms with E-state index in [4.69, 9.17) is 0 Å². The van der Waals surface area contributed by atoms with Gasteiger partial charge in [0.25, 0.3) is 0 Å². The molecule has 0 saturated carbocycles. The lowest BCUT2D eigenvalue weighted by atomic mass is 10.0. The first-order chi connectivity index (χ1) is 10.4. The Bertz CT molecular complexity index is 621. The molecule has 22 heavy (non-hydrogen) atoms. The highest BCUT2D eigenvalue weighted by atomic mass is 16.1. The third kappa shape index (κ3) is 4.69. The zero-order valence-electron chi connectivity index (χ0n) is 13.8. The van der Waals surface area contributed by atoms with Crippen molar-refractivity contribution in [3.63, 3.8) is 0 Å². The molecule has 1 atom stereocenters. The number of ketones is 1. The van der Waals surface area contributed by atoms with Crippen LogP contribution >= 0.6 is 0 Å². The molecule has 0 bridgehead atoms. The summed E-state index contributed by atoms with van der Waals surface area (Å²) in [6, 6.07) is 6.59. The van der Waals surface area contributed by atoms with Crippen LogP contribution in [-0.2, 0) is 4.79 Å². The SMILES string of the molecule is Cc1cc(N=C2C=CC(=O)C=C2)ccc1NC(C)CC(C)C. The van der Waals surface area contributed by atoms with Crippen LogP contribution in [0.3, 0.4) is 0 Å². The van der Waals surface area contributed by atoms with Gasteiger partial charge in [0.05, 0.1) is 11.4 Å². The van der Waals surface area contributed by atoms with Crippen LogP contribution in [0, 0.1) is 12.8 Å². The first-order valence-electron chi connectivity index (χ1n) is 7.80. The lowest BCUT2D eigenvalue weighted by Gasteiger charge is -2.19. The van der Waals surface area contributed by atoms with Gasteiger partial charge in [0.15, 0.2) is 5.78 Å². The highest BCUT2D eigenvalue weighted by Crippen LogP contribution is 2.24. The van der Waals surface area contributed by atoms with Gasteiger partial charge in [-0.15, -0.1) is 0 Å². The fourth-order valence-corrected chi connectivity index (χ4v) is 2.58. The van der Waals surface area contributed by atoms with Crippen molar-refractivity contribution >= 4 is 22.9 Å². The maximum Gasteiger partial charge on any atom is 0.178 e. The Balaban J connectivity index is 2.10. The van der Waals surface area contributed by atoms with Crippen molar-refractivity contribution in [3.05, 3.63) is 48.1 Å². The van der Waals surface area contributed by atoms with E-state index >= 15 is 0 Å². The van der Waals surface area contributed by atoms with E-state index in [1.54, 1.807) is 12.2 Å².